The molecule has 0 saturated heterocycles. The highest BCUT2D eigenvalue weighted by atomic mass is 32.1. The fourth-order valence-electron chi connectivity index (χ4n) is 1.26. The van der Waals surface area contributed by atoms with Crippen LogP contribution in [-0.2, 0) is 6.42 Å². The van der Waals surface area contributed by atoms with E-state index >= 15 is 0 Å². The summed E-state index contributed by atoms with van der Waals surface area (Å²) in [5.74, 6) is 1.23. The van der Waals surface area contributed by atoms with Crippen molar-refractivity contribution in [3.63, 3.8) is 0 Å². The molecule has 0 aromatic carbocycles. The molecule has 0 aliphatic heterocycles. The van der Waals surface area contributed by atoms with Crippen molar-refractivity contribution in [1.82, 2.24) is 4.98 Å². The molecule has 13 heavy (non-hydrogen) atoms. The average molecular weight is 198 g/mol. The molecular weight excluding hydrogens is 180 g/mol. The van der Waals surface area contributed by atoms with Crippen molar-refractivity contribution in [1.29, 1.82) is 0 Å². The summed E-state index contributed by atoms with van der Waals surface area (Å²) in [7, 11) is 0. The Bertz CT molecular complexity index is 231. The molecule has 0 bridgehead atoms. The van der Waals surface area contributed by atoms with E-state index in [2.05, 4.69) is 25.8 Å². The first-order chi connectivity index (χ1) is 6.11. The van der Waals surface area contributed by atoms with Gasteiger partial charge in [0, 0.05) is 17.1 Å². The summed E-state index contributed by atoms with van der Waals surface area (Å²) in [5.41, 5.74) is 7.95. The predicted octanol–water partition coefficient (Wildman–Crippen LogP) is 2.31. The molecular formula is C10H18N2S. The lowest BCUT2D eigenvalue weighted by molar-refractivity contribution is 0.345. The first-order valence-corrected chi connectivity index (χ1v) is 5.62. The molecule has 2 atom stereocenters. The van der Waals surface area contributed by atoms with E-state index in [0.717, 1.165) is 6.42 Å². The van der Waals surface area contributed by atoms with Gasteiger partial charge in [-0.3, -0.25) is 4.98 Å². The lowest BCUT2D eigenvalue weighted by Gasteiger charge is -2.22. The maximum atomic E-state index is 6.09. The minimum Gasteiger partial charge on any atom is -0.327 e. The molecule has 0 fully saturated rings. The van der Waals surface area contributed by atoms with Crippen LogP contribution in [-0.4, -0.2) is 11.0 Å². The van der Waals surface area contributed by atoms with Gasteiger partial charge in [0.25, 0.3) is 0 Å². The smallest absolute Gasteiger partial charge is 0.0794 e. The summed E-state index contributed by atoms with van der Waals surface area (Å²) in [4.78, 5) is 5.33. The van der Waals surface area contributed by atoms with Gasteiger partial charge in [0.2, 0.25) is 0 Å². The SMILES string of the molecule is CC(C)C(C)C(N)Cc1cncs1. The van der Waals surface area contributed by atoms with Crippen molar-refractivity contribution in [3.8, 4) is 0 Å². The van der Waals surface area contributed by atoms with Gasteiger partial charge in [0.1, 0.15) is 0 Å². The fourth-order valence-corrected chi connectivity index (χ4v) is 1.92. The van der Waals surface area contributed by atoms with E-state index in [0.29, 0.717) is 11.8 Å². The quantitative estimate of drug-likeness (QED) is 0.806. The van der Waals surface area contributed by atoms with Crippen LogP contribution >= 0.6 is 11.3 Å². The Balaban J connectivity index is 2.45. The summed E-state index contributed by atoms with van der Waals surface area (Å²) in [6.07, 6.45) is 2.88. The zero-order chi connectivity index (χ0) is 9.84. The highest BCUT2D eigenvalue weighted by Gasteiger charge is 2.16. The second-order valence-electron chi connectivity index (χ2n) is 3.94. The van der Waals surface area contributed by atoms with Gasteiger partial charge in [0.05, 0.1) is 5.51 Å². The zero-order valence-corrected chi connectivity index (χ0v) is 9.34. The molecule has 0 radical (unpaired) electrons. The molecule has 1 heterocycles. The van der Waals surface area contributed by atoms with Crippen molar-refractivity contribution in [3.05, 3.63) is 16.6 Å². The van der Waals surface area contributed by atoms with Crippen LogP contribution in [0.3, 0.4) is 0 Å². The van der Waals surface area contributed by atoms with E-state index in [1.807, 2.05) is 11.7 Å². The van der Waals surface area contributed by atoms with Crippen molar-refractivity contribution in [2.75, 3.05) is 0 Å². The van der Waals surface area contributed by atoms with Gasteiger partial charge in [-0.2, -0.15) is 0 Å². The molecule has 0 amide bonds. The third-order valence-electron chi connectivity index (χ3n) is 2.65. The van der Waals surface area contributed by atoms with Crippen molar-refractivity contribution in [2.45, 2.75) is 33.2 Å². The van der Waals surface area contributed by atoms with Crippen LogP contribution in [0.15, 0.2) is 11.7 Å². The van der Waals surface area contributed by atoms with Gasteiger partial charge >= 0.3 is 0 Å². The zero-order valence-electron chi connectivity index (χ0n) is 8.53. The Kier molecular flexibility index (Phi) is 3.88. The molecule has 74 valence electrons. The average Bonchev–Trinajstić information content (AvgIpc) is 2.55. The molecule has 0 saturated carbocycles. The van der Waals surface area contributed by atoms with Crippen LogP contribution in [0.5, 0.6) is 0 Å². The molecule has 1 aromatic heterocycles. The van der Waals surface area contributed by atoms with Crippen molar-refractivity contribution >= 4 is 11.3 Å². The predicted molar refractivity (Wildman–Crippen MR) is 57.8 cm³/mol. The summed E-state index contributed by atoms with van der Waals surface area (Å²) < 4.78 is 0. The molecule has 2 nitrogen and oxygen atoms in total. The number of nitrogens with zero attached hydrogens (tertiary/aromatic N) is 1. The van der Waals surface area contributed by atoms with Crippen LogP contribution in [0, 0.1) is 11.8 Å². The first kappa shape index (κ1) is 10.7. The summed E-state index contributed by atoms with van der Waals surface area (Å²) >= 11 is 1.69. The van der Waals surface area contributed by atoms with Crippen LogP contribution in [0.4, 0.5) is 0 Å². The third kappa shape index (κ3) is 3.08. The van der Waals surface area contributed by atoms with Crippen LogP contribution in [0.1, 0.15) is 25.6 Å². The Morgan fingerprint density at radius 2 is 2.15 bits per heavy atom. The lowest BCUT2D eigenvalue weighted by atomic mass is 9.89. The van der Waals surface area contributed by atoms with Gasteiger partial charge < -0.3 is 5.73 Å². The summed E-state index contributed by atoms with van der Waals surface area (Å²) in [6, 6.07) is 0.264. The second kappa shape index (κ2) is 4.72. The highest BCUT2D eigenvalue weighted by molar-refractivity contribution is 7.09. The van der Waals surface area contributed by atoms with Crippen molar-refractivity contribution in [2.24, 2.45) is 17.6 Å². The molecule has 2 N–H and O–H groups in total. The van der Waals surface area contributed by atoms with Gasteiger partial charge in [-0.15, -0.1) is 11.3 Å². The van der Waals surface area contributed by atoms with E-state index in [-0.39, 0.29) is 6.04 Å². The molecule has 0 spiro atoms. The number of rotatable bonds is 4. The number of hydrogen-bond acceptors (Lipinski definition) is 3. The molecule has 0 aliphatic carbocycles. The molecule has 1 aromatic rings. The Hall–Kier alpha value is -0.410. The van der Waals surface area contributed by atoms with Crippen LogP contribution < -0.4 is 5.73 Å². The maximum Gasteiger partial charge on any atom is 0.0794 e. The maximum absolute atomic E-state index is 6.09. The number of aromatic nitrogens is 1. The van der Waals surface area contributed by atoms with Crippen LogP contribution in [0.2, 0.25) is 0 Å². The van der Waals surface area contributed by atoms with Crippen LogP contribution in [0.25, 0.3) is 0 Å². The molecule has 1 rings (SSSR count). The largest absolute Gasteiger partial charge is 0.327 e. The second-order valence-corrected chi connectivity index (χ2v) is 4.91. The first-order valence-electron chi connectivity index (χ1n) is 4.74. The highest BCUT2D eigenvalue weighted by Crippen LogP contribution is 2.17. The molecule has 3 heteroatoms. The Labute approximate surface area is 84.2 Å². The van der Waals surface area contributed by atoms with Crippen molar-refractivity contribution < 1.29 is 0 Å². The fraction of sp³-hybridized carbons (Fsp3) is 0.700. The van der Waals surface area contributed by atoms with E-state index in [1.54, 1.807) is 11.3 Å². The topological polar surface area (TPSA) is 38.9 Å². The minimum absolute atomic E-state index is 0.264. The standard InChI is InChI=1S/C10H18N2S/c1-7(2)8(3)10(11)4-9-5-12-6-13-9/h5-8,10H,4,11H2,1-3H3. The van der Waals surface area contributed by atoms with E-state index in [9.17, 15) is 0 Å². The van der Waals surface area contributed by atoms with Gasteiger partial charge in [0.15, 0.2) is 0 Å². The summed E-state index contributed by atoms with van der Waals surface area (Å²) in [5, 5.41) is 0. The summed E-state index contributed by atoms with van der Waals surface area (Å²) in [6.45, 7) is 6.66. The lowest BCUT2D eigenvalue weighted by Crippen LogP contribution is -2.33. The minimum atomic E-state index is 0.264. The molecule has 0 aliphatic rings. The van der Waals surface area contributed by atoms with Gasteiger partial charge in [-0.25, -0.2) is 0 Å². The Morgan fingerprint density at radius 1 is 1.46 bits per heavy atom. The van der Waals surface area contributed by atoms with Gasteiger partial charge in [-0.05, 0) is 18.3 Å². The Morgan fingerprint density at radius 3 is 2.62 bits per heavy atom. The van der Waals surface area contributed by atoms with E-state index < -0.39 is 0 Å². The monoisotopic (exact) mass is 198 g/mol. The number of nitrogens with two attached hydrogens (primary N) is 1. The number of thiazole rings is 1. The van der Waals surface area contributed by atoms with E-state index in [4.69, 9.17) is 5.73 Å². The third-order valence-corrected chi connectivity index (χ3v) is 3.45. The van der Waals surface area contributed by atoms with Gasteiger partial charge in [-0.1, -0.05) is 20.8 Å². The molecule has 2 unspecified atom stereocenters. The normalized spacial score (nSPS) is 16.1. The number of hydrogen-bond donors (Lipinski definition) is 1. The van der Waals surface area contributed by atoms with E-state index in [1.165, 1.54) is 4.88 Å².